The fourth-order valence-corrected chi connectivity index (χ4v) is 2.09. The van der Waals surface area contributed by atoms with Crippen molar-refractivity contribution in [3.05, 3.63) is 29.8 Å². The molecule has 0 unspecified atom stereocenters. The summed E-state index contributed by atoms with van der Waals surface area (Å²) in [5, 5.41) is 11.3. The van der Waals surface area contributed by atoms with Crippen LogP contribution in [0.1, 0.15) is 24.8 Å². The largest absolute Gasteiger partial charge is 0.480 e. The van der Waals surface area contributed by atoms with Gasteiger partial charge in [0.1, 0.15) is 5.41 Å². The summed E-state index contributed by atoms with van der Waals surface area (Å²) < 4.78 is 37.6. The van der Waals surface area contributed by atoms with Crippen LogP contribution in [0.4, 0.5) is 18.9 Å². The Kier molecular flexibility index (Phi) is 3.45. The van der Waals surface area contributed by atoms with Gasteiger partial charge in [0, 0.05) is 5.69 Å². The first-order chi connectivity index (χ1) is 9.25. The van der Waals surface area contributed by atoms with Crippen LogP contribution < -0.4 is 5.32 Å². The van der Waals surface area contributed by atoms with Crippen molar-refractivity contribution in [3.8, 4) is 0 Å². The highest BCUT2D eigenvalue weighted by molar-refractivity contribution is 6.09. The SMILES string of the molecule is O=C(O)C1(C(=O)Nc2cccc(C(F)(F)F)c2)CCC1. The molecule has 1 saturated carbocycles. The average Bonchev–Trinajstić information content (AvgIpc) is 2.25. The van der Waals surface area contributed by atoms with Crippen LogP contribution in [0.25, 0.3) is 0 Å². The number of hydrogen-bond donors (Lipinski definition) is 2. The summed E-state index contributed by atoms with van der Waals surface area (Å²) in [6.07, 6.45) is -3.50. The molecule has 0 radical (unpaired) electrons. The molecule has 1 aromatic carbocycles. The van der Waals surface area contributed by atoms with E-state index in [1.165, 1.54) is 6.07 Å². The predicted octanol–water partition coefficient (Wildman–Crippen LogP) is 2.90. The number of benzene rings is 1. The molecule has 2 N–H and O–H groups in total. The van der Waals surface area contributed by atoms with Crippen LogP contribution in [0.2, 0.25) is 0 Å². The van der Waals surface area contributed by atoms with Crippen molar-refractivity contribution in [3.63, 3.8) is 0 Å². The quantitative estimate of drug-likeness (QED) is 0.840. The van der Waals surface area contributed by atoms with Crippen molar-refractivity contribution in [2.45, 2.75) is 25.4 Å². The van der Waals surface area contributed by atoms with Gasteiger partial charge in [0.2, 0.25) is 5.91 Å². The van der Waals surface area contributed by atoms with Crippen LogP contribution in [0.15, 0.2) is 24.3 Å². The van der Waals surface area contributed by atoms with E-state index in [1.807, 2.05) is 0 Å². The number of rotatable bonds is 3. The maximum atomic E-state index is 12.5. The molecule has 0 heterocycles. The molecular formula is C13H12F3NO3. The third-order valence-electron chi connectivity index (χ3n) is 3.50. The highest BCUT2D eigenvalue weighted by atomic mass is 19.4. The van der Waals surface area contributed by atoms with E-state index in [0.717, 1.165) is 18.2 Å². The molecule has 0 aliphatic heterocycles. The number of aliphatic carboxylic acids is 1. The van der Waals surface area contributed by atoms with Crippen molar-refractivity contribution < 1.29 is 27.9 Å². The molecule has 20 heavy (non-hydrogen) atoms. The van der Waals surface area contributed by atoms with Crippen LogP contribution in [0.3, 0.4) is 0 Å². The van der Waals surface area contributed by atoms with Crippen LogP contribution in [0.5, 0.6) is 0 Å². The molecule has 108 valence electrons. The summed E-state index contributed by atoms with van der Waals surface area (Å²) in [7, 11) is 0. The Hall–Kier alpha value is -2.05. The van der Waals surface area contributed by atoms with E-state index in [-0.39, 0.29) is 18.5 Å². The first kappa shape index (κ1) is 14.4. The Morgan fingerprint density at radius 1 is 1.25 bits per heavy atom. The lowest BCUT2D eigenvalue weighted by molar-refractivity contribution is -0.159. The molecule has 1 amide bonds. The molecule has 1 aromatic rings. The minimum absolute atomic E-state index is 0.0580. The molecule has 0 saturated heterocycles. The zero-order valence-corrected chi connectivity index (χ0v) is 10.3. The Labute approximate surface area is 112 Å². The summed E-state index contributed by atoms with van der Waals surface area (Å²) in [5.74, 6) is -2.01. The summed E-state index contributed by atoms with van der Waals surface area (Å²) in [6, 6.07) is 4.12. The second kappa shape index (κ2) is 4.81. The van der Waals surface area contributed by atoms with E-state index >= 15 is 0 Å². The van der Waals surface area contributed by atoms with Gasteiger partial charge in [0.25, 0.3) is 0 Å². The lowest BCUT2D eigenvalue weighted by Gasteiger charge is -2.35. The Bertz CT molecular complexity index is 550. The van der Waals surface area contributed by atoms with Crippen molar-refractivity contribution in [1.82, 2.24) is 0 Å². The highest BCUT2D eigenvalue weighted by Crippen LogP contribution is 2.42. The molecule has 0 aromatic heterocycles. The minimum Gasteiger partial charge on any atom is -0.480 e. The van der Waals surface area contributed by atoms with Gasteiger partial charge in [-0.1, -0.05) is 12.5 Å². The van der Waals surface area contributed by atoms with E-state index < -0.39 is 29.0 Å². The van der Waals surface area contributed by atoms with Gasteiger partial charge in [0.05, 0.1) is 5.56 Å². The fraction of sp³-hybridized carbons (Fsp3) is 0.385. The molecular weight excluding hydrogens is 275 g/mol. The van der Waals surface area contributed by atoms with Crippen LogP contribution in [0, 0.1) is 5.41 Å². The summed E-state index contributed by atoms with van der Waals surface area (Å²) in [4.78, 5) is 23.1. The molecule has 2 rings (SSSR count). The van der Waals surface area contributed by atoms with Gasteiger partial charge in [-0.05, 0) is 31.0 Å². The predicted molar refractivity (Wildman–Crippen MR) is 64.0 cm³/mol. The second-order valence-corrected chi connectivity index (χ2v) is 4.77. The number of carbonyl (C=O) groups excluding carboxylic acids is 1. The molecule has 7 heteroatoms. The lowest BCUT2D eigenvalue weighted by Crippen LogP contribution is -2.48. The molecule has 0 bridgehead atoms. The van der Waals surface area contributed by atoms with Crippen molar-refractivity contribution in [2.24, 2.45) is 5.41 Å². The number of anilines is 1. The molecule has 1 fully saturated rings. The topological polar surface area (TPSA) is 66.4 Å². The first-order valence-corrected chi connectivity index (χ1v) is 5.98. The van der Waals surface area contributed by atoms with Crippen LogP contribution >= 0.6 is 0 Å². The Morgan fingerprint density at radius 2 is 1.90 bits per heavy atom. The van der Waals surface area contributed by atoms with Gasteiger partial charge in [-0.2, -0.15) is 13.2 Å². The molecule has 1 aliphatic carbocycles. The number of alkyl halides is 3. The summed E-state index contributed by atoms with van der Waals surface area (Å²) in [5.41, 5.74) is -2.46. The van der Waals surface area contributed by atoms with Crippen LogP contribution in [-0.4, -0.2) is 17.0 Å². The summed E-state index contributed by atoms with van der Waals surface area (Å²) >= 11 is 0. The third kappa shape index (κ3) is 2.48. The Morgan fingerprint density at radius 3 is 2.35 bits per heavy atom. The van der Waals surface area contributed by atoms with E-state index in [4.69, 9.17) is 5.11 Å². The van der Waals surface area contributed by atoms with Gasteiger partial charge >= 0.3 is 12.1 Å². The van der Waals surface area contributed by atoms with Crippen LogP contribution in [-0.2, 0) is 15.8 Å². The van der Waals surface area contributed by atoms with E-state index in [2.05, 4.69) is 5.32 Å². The smallest absolute Gasteiger partial charge is 0.416 e. The molecule has 1 aliphatic rings. The molecule has 0 spiro atoms. The third-order valence-corrected chi connectivity index (χ3v) is 3.50. The zero-order chi connectivity index (χ0) is 15.0. The van der Waals surface area contributed by atoms with Gasteiger partial charge in [-0.25, -0.2) is 0 Å². The first-order valence-electron chi connectivity index (χ1n) is 5.98. The van der Waals surface area contributed by atoms with E-state index in [9.17, 15) is 22.8 Å². The van der Waals surface area contributed by atoms with Gasteiger partial charge < -0.3 is 10.4 Å². The monoisotopic (exact) mass is 287 g/mol. The lowest BCUT2D eigenvalue weighted by atomic mass is 9.68. The normalized spacial score (nSPS) is 17.1. The number of halogens is 3. The van der Waals surface area contributed by atoms with Crippen molar-refractivity contribution in [1.29, 1.82) is 0 Å². The zero-order valence-electron chi connectivity index (χ0n) is 10.3. The maximum absolute atomic E-state index is 12.5. The van der Waals surface area contributed by atoms with Gasteiger partial charge in [-0.3, -0.25) is 9.59 Å². The standard InChI is InChI=1S/C13H12F3NO3/c14-13(15,16)8-3-1-4-9(7-8)17-10(18)12(11(19)20)5-2-6-12/h1,3-4,7H,2,5-6H2,(H,17,18)(H,19,20). The van der Waals surface area contributed by atoms with E-state index in [1.54, 1.807) is 0 Å². The Balaban J connectivity index is 2.18. The van der Waals surface area contributed by atoms with Gasteiger partial charge in [-0.15, -0.1) is 0 Å². The number of hydrogen-bond acceptors (Lipinski definition) is 2. The number of carbonyl (C=O) groups is 2. The van der Waals surface area contributed by atoms with E-state index in [0.29, 0.717) is 6.42 Å². The summed E-state index contributed by atoms with van der Waals surface area (Å²) in [6.45, 7) is 0. The second-order valence-electron chi connectivity index (χ2n) is 4.77. The van der Waals surface area contributed by atoms with Gasteiger partial charge in [0.15, 0.2) is 0 Å². The minimum atomic E-state index is -4.51. The number of carboxylic acids is 1. The highest BCUT2D eigenvalue weighted by Gasteiger charge is 2.51. The number of carboxylic acid groups (broad SMARTS) is 1. The maximum Gasteiger partial charge on any atom is 0.416 e. The fourth-order valence-electron chi connectivity index (χ4n) is 2.09. The molecule has 4 nitrogen and oxygen atoms in total. The average molecular weight is 287 g/mol. The van der Waals surface area contributed by atoms with Crippen molar-refractivity contribution >= 4 is 17.6 Å². The number of amides is 1. The molecule has 0 atom stereocenters. The van der Waals surface area contributed by atoms with Crippen molar-refractivity contribution in [2.75, 3.05) is 5.32 Å². The number of nitrogens with one attached hydrogen (secondary N) is 1.